The molecule has 1 aromatic heterocycles. The van der Waals surface area contributed by atoms with Gasteiger partial charge in [0, 0.05) is 23.9 Å². The number of rotatable bonds is 6. The third-order valence-electron chi connectivity index (χ3n) is 3.75. The molecule has 1 fully saturated rings. The molecule has 2 rings (SSSR count). The minimum atomic E-state index is 0.239. The van der Waals surface area contributed by atoms with Crippen molar-refractivity contribution in [3.05, 3.63) is 16.6 Å². The molecule has 17 heavy (non-hydrogen) atoms. The third-order valence-corrected chi connectivity index (χ3v) is 4.39. The molecule has 0 radical (unpaired) electrons. The topological polar surface area (TPSA) is 34.2 Å². The maximum absolute atomic E-state index is 5.78. The Balaban J connectivity index is 2.02. The standard InChI is InChI=1S/C13H22N2OS/c1-3-5-14-9-13(4-6-16-11(13)2)7-12-8-17-10-15-12/h8,10-11,14H,3-7,9H2,1-2H3. The number of aromatic nitrogens is 1. The summed E-state index contributed by atoms with van der Waals surface area (Å²) in [4.78, 5) is 4.42. The highest BCUT2D eigenvalue weighted by atomic mass is 32.1. The van der Waals surface area contributed by atoms with Gasteiger partial charge < -0.3 is 10.1 Å². The van der Waals surface area contributed by atoms with Gasteiger partial charge in [0.1, 0.15) is 0 Å². The average Bonchev–Trinajstić information content (AvgIpc) is 2.92. The van der Waals surface area contributed by atoms with Gasteiger partial charge in [-0.1, -0.05) is 6.92 Å². The summed E-state index contributed by atoms with van der Waals surface area (Å²) in [5.74, 6) is 0. The lowest BCUT2D eigenvalue weighted by Crippen LogP contribution is -2.41. The van der Waals surface area contributed by atoms with E-state index >= 15 is 0 Å². The number of hydrogen-bond acceptors (Lipinski definition) is 4. The van der Waals surface area contributed by atoms with Crippen LogP contribution in [0.15, 0.2) is 10.9 Å². The Hall–Kier alpha value is -0.450. The summed E-state index contributed by atoms with van der Waals surface area (Å²) in [5, 5.41) is 5.72. The highest BCUT2D eigenvalue weighted by Gasteiger charge is 2.41. The summed E-state index contributed by atoms with van der Waals surface area (Å²) in [6.07, 6.45) is 3.69. The van der Waals surface area contributed by atoms with E-state index in [2.05, 4.69) is 29.5 Å². The van der Waals surface area contributed by atoms with Crippen LogP contribution in [0.1, 0.15) is 32.4 Å². The lowest BCUT2D eigenvalue weighted by molar-refractivity contribution is 0.0627. The van der Waals surface area contributed by atoms with Crippen molar-refractivity contribution < 1.29 is 4.74 Å². The Morgan fingerprint density at radius 3 is 3.12 bits per heavy atom. The SMILES string of the molecule is CCCNCC1(Cc2cscn2)CCOC1C. The second-order valence-electron chi connectivity index (χ2n) is 4.96. The smallest absolute Gasteiger partial charge is 0.0794 e. The van der Waals surface area contributed by atoms with Crippen LogP contribution in [0.3, 0.4) is 0 Å². The third kappa shape index (κ3) is 3.06. The van der Waals surface area contributed by atoms with E-state index < -0.39 is 0 Å². The Labute approximate surface area is 108 Å². The van der Waals surface area contributed by atoms with E-state index in [0.29, 0.717) is 6.10 Å². The number of ether oxygens (including phenoxy) is 1. The number of nitrogens with zero attached hydrogens (tertiary/aromatic N) is 1. The van der Waals surface area contributed by atoms with Crippen LogP contribution in [0.2, 0.25) is 0 Å². The lowest BCUT2D eigenvalue weighted by atomic mass is 9.77. The van der Waals surface area contributed by atoms with Crippen LogP contribution in [0, 0.1) is 5.41 Å². The van der Waals surface area contributed by atoms with Gasteiger partial charge in [-0.15, -0.1) is 11.3 Å². The quantitative estimate of drug-likeness (QED) is 0.792. The second-order valence-corrected chi connectivity index (χ2v) is 5.68. The minimum Gasteiger partial charge on any atom is -0.378 e. The molecule has 4 heteroatoms. The molecule has 1 aliphatic rings. The van der Waals surface area contributed by atoms with Gasteiger partial charge in [0.2, 0.25) is 0 Å². The molecule has 2 heterocycles. The molecule has 0 aliphatic carbocycles. The monoisotopic (exact) mass is 254 g/mol. The van der Waals surface area contributed by atoms with Crippen molar-refractivity contribution in [2.24, 2.45) is 5.41 Å². The Kier molecular flexibility index (Phi) is 4.54. The van der Waals surface area contributed by atoms with Gasteiger partial charge in [-0.25, -0.2) is 4.98 Å². The first-order chi connectivity index (χ1) is 8.27. The molecule has 1 N–H and O–H groups in total. The Bertz CT molecular complexity index is 328. The number of thiazole rings is 1. The summed E-state index contributed by atoms with van der Waals surface area (Å²) in [5.41, 5.74) is 3.37. The van der Waals surface area contributed by atoms with E-state index in [-0.39, 0.29) is 5.41 Å². The van der Waals surface area contributed by atoms with E-state index in [1.165, 1.54) is 12.1 Å². The summed E-state index contributed by atoms with van der Waals surface area (Å²) >= 11 is 1.68. The van der Waals surface area contributed by atoms with E-state index in [1.54, 1.807) is 11.3 Å². The molecule has 1 saturated heterocycles. The Morgan fingerprint density at radius 2 is 2.53 bits per heavy atom. The van der Waals surface area contributed by atoms with Crippen LogP contribution in [0.5, 0.6) is 0 Å². The predicted octanol–water partition coefficient (Wildman–Crippen LogP) is 2.48. The molecule has 3 nitrogen and oxygen atoms in total. The fourth-order valence-electron chi connectivity index (χ4n) is 2.55. The van der Waals surface area contributed by atoms with Gasteiger partial charge in [-0.2, -0.15) is 0 Å². The second kappa shape index (κ2) is 5.94. The van der Waals surface area contributed by atoms with Crippen molar-refractivity contribution in [2.45, 2.75) is 39.2 Å². The minimum absolute atomic E-state index is 0.239. The zero-order valence-corrected chi connectivity index (χ0v) is 11.6. The zero-order valence-electron chi connectivity index (χ0n) is 10.7. The molecule has 1 aromatic rings. The first kappa shape index (κ1) is 13.0. The molecule has 1 aliphatic heterocycles. The summed E-state index contributed by atoms with van der Waals surface area (Å²) < 4.78 is 5.78. The molecule has 0 bridgehead atoms. The first-order valence-electron chi connectivity index (χ1n) is 6.46. The van der Waals surface area contributed by atoms with Crippen LogP contribution < -0.4 is 5.32 Å². The molecule has 0 saturated carbocycles. The van der Waals surface area contributed by atoms with E-state index in [1.807, 2.05) is 5.51 Å². The molecule has 0 aromatic carbocycles. The van der Waals surface area contributed by atoms with Crippen molar-refractivity contribution in [1.29, 1.82) is 0 Å². The van der Waals surface area contributed by atoms with E-state index in [4.69, 9.17) is 4.74 Å². The number of hydrogen-bond donors (Lipinski definition) is 1. The maximum atomic E-state index is 5.78. The largest absolute Gasteiger partial charge is 0.378 e. The summed E-state index contributed by atoms with van der Waals surface area (Å²) in [7, 11) is 0. The maximum Gasteiger partial charge on any atom is 0.0794 e. The average molecular weight is 254 g/mol. The summed E-state index contributed by atoms with van der Waals surface area (Å²) in [6.45, 7) is 7.42. The van der Waals surface area contributed by atoms with Crippen LogP contribution in [-0.2, 0) is 11.2 Å². The fourth-order valence-corrected chi connectivity index (χ4v) is 3.10. The van der Waals surface area contributed by atoms with Gasteiger partial charge >= 0.3 is 0 Å². The van der Waals surface area contributed by atoms with Crippen molar-refractivity contribution >= 4 is 11.3 Å². The van der Waals surface area contributed by atoms with E-state index in [0.717, 1.165) is 32.5 Å². The fraction of sp³-hybridized carbons (Fsp3) is 0.769. The van der Waals surface area contributed by atoms with Gasteiger partial charge in [-0.3, -0.25) is 0 Å². The van der Waals surface area contributed by atoms with E-state index in [9.17, 15) is 0 Å². The van der Waals surface area contributed by atoms with Crippen LogP contribution in [0.4, 0.5) is 0 Å². The molecule has 2 unspecified atom stereocenters. The van der Waals surface area contributed by atoms with Crippen LogP contribution in [-0.4, -0.2) is 30.8 Å². The highest BCUT2D eigenvalue weighted by molar-refractivity contribution is 7.07. The van der Waals surface area contributed by atoms with Crippen molar-refractivity contribution in [3.63, 3.8) is 0 Å². The molecule has 0 amide bonds. The van der Waals surface area contributed by atoms with Crippen molar-refractivity contribution in [2.75, 3.05) is 19.7 Å². The van der Waals surface area contributed by atoms with Gasteiger partial charge in [-0.05, 0) is 32.7 Å². The number of nitrogens with one attached hydrogen (secondary N) is 1. The van der Waals surface area contributed by atoms with Crippen LogP contribution >= 0.6 is 11.3 Å². The highest BCUT2D eigenvalue weighted by Crippen LogP contribution is 2.37. The van der Waals surface area contributed by atoms with Gasteiger partial charge in [0.15, 0.2) is 0 Å². The van der Waals surface area contributed by atoms with Gasteiger partial charge in [0.25, 0.3) is 0 Å². The van der Waals surface area contributed by atoms with Crippen molar-refractivity contribution in [3.8, 4) is 0 Å². The Morgan fingerprint density at radius 1 is 1.65 bits per heavy atom. The predicted molar refractivity (Wildman–Crippen MR) is 71.4 cm³/mol. The summed E-state index contributed by atoms with van der Waals surface area (Å²) in [6, 6.07) is 0. The van der Waals surface area contributed by atoms with Crippen molar-refractivity contribution in [1.82, 2.24) is 10.3 Å². The molecule has 2 atom stereocenters. The van der Waals surface area contributed by atoms with Crippen LogP contribution in [0.25, 0.3) is 0 Å². The molecular weight excluding hydrogens is 232 g/mol. The molecular formula is C13H22N2OS. The first-order valence-corrected chi connectivity index (χ1v) is 7.40. The lowest BCUT2D eigenvalue weighted by Gasteiger charge is -2.32. The molecule has 96 valence electrons. The molecule has 0 spiro atoms. The van der Waals surface area contributed by atoms with Gasteiger partial charge in [0.05, 0.1) is 17.3 Å². The normalized spacial score (nSPS) is 28.7. The zero-order chi connectivity index (χ0) is 12.1.